The lowest BCUT2D eigenvalue weighted by atomic mass is 9.75. The molecule has 0 aromatic carbocycles. The highest BCUT2D eigenvalue weighted by atomic mass is 15.1. The van der Waals surface area contributed by atoms with E-state index in [0.29, 0.717) is 5.82 Å². The molecule has 3 N–H and O–H groups in total. The van der Waals surface area contributed by atoms with Crippen LogP contribution in [0.15, 0.2) is 0 Å². The molecule has 1 aromatic rings. The first-order valence-electron chi connectivity index (χ1n) is 7.01. The number of nitrogens with zero attached hydrogens (tertiary/aromatic N) is 2. The Balaban J connectivity index is 2.25. The first-order valence-corrected chi connectivity index (χ1v) is 7.01. The number of hydrogen-bond acceptors (Lipinski definition) is 4. The predicted octanol–water partition coefficient (Wildman–Crippen LogP) is 3.06. The van der Waals surface area contributed by atoms with Gasteiger partial charge in [-0.2, -0.15) is 0 Å². The van der Waals surface area contributed by atoms with Crippen LogP contribution in [0.1, 0.15) is 57.3 Å². The van der Waals surface area contributed by atoms with Crippen molar-refractivity contribution in [1.29, 1.82) is 0 Å². The van der Waals surface area contributed by atoms with Crippen molar-refractivity contribution in [1.82, 2.24) is 9.97 Å². The zero-order valence-electron chi connectivity index (χ0n) is 11.7. The van der Waals surface area contributed by atoms with E-state index < -0.39 is 0 Å². The molecule has 0 unspecified atom stereocenters. The fourth-order valence-corrected chi connectivity index (χ4v) is 2.46. The van der Waals surface area contributed by atoms with Gasteiger partial charge >= 0.3 is 0 Å². The summed E-state index contributed by atoms with van der Waals surface area (Å²) in [7, 11) is 0. The monoisotopic (exact) mass is 248 g/mol. The molecule has 1 saturated carbocycles. The third-order valence-corrected chi connectivity index (χ3v) is 4.07. The minimum absolute atomic E-state index is 0.245. The van der Waals surface area contributed by atoms with E-state index in [9.17, 15) is 0 Å². The number of nitrogen functional groups attached to an aromatic ring is 1. The average molecular weight is 248 g/mol. The Morgan fingerprint density at radius 2 is 2.00 bits per heavy atom. The van der Waals surface area contributed by atoms with Crippen LogP contribution in [0.2, 0.25) is 0 Å². The number of rotatable bonds is 5. The van der Waals surface area contributed by atoms with Crippen LogP contribution in [0.4, 0.5) is 11.6 Å². The van der Waals surface area contributed by atoms with E-state index in [2.05, 4.69) is 29.1 Å². The van der Waals surface area contributed by atoms with Gasteiger partial charge in [0.1, 0.15) is 17.5 Å². The van der Waals surface area contributed by atoms with Gasteiger partial charge in [0.25, 0.3) is 0 Å². The summed E-state index contributed by atoms with van der Waals surface area (Å²) in [5.41, 5.74) is 7.21. The van der Waals surface area contributed by atoms with Crippen molar-refractivity contribution in [2.75, 3.05) is 11.1 Å². The molecule has 2 rings (SSSR count). The van der Waals surface area contributed by atoms with Gasteiger partial charge in [-0.1, -0.05) is 13.8 Å². The van der Waals surface area contributed by atoms with Crippen LogP contribution in [-0.2, 0) is 6.42 Å². The summed E-state index contributed by atoms with van der Waals surface area (Å²) in [6.45, 7) is 6.36. The molecule has 0 atom stereocenters. The van der Waals surface area contributed by atoms with E-state index in [0.717, 1.165) is 36.5 Å². The third-order valence-electron chi connectivity index (χ3n) is 4.07. The van der Waals surface area contributed by atoms with Crippen molar-refractivity contribution in [2.24, 2.45) is 0 Å². The Bertz CT molecular complexity index is 419. The number of aromatic nitrogens is 2. The van der Waals surface area contributed by atoms with Crippen molar-refractivity contribution in [3.8, 4) is 0 Å². The van der Waals surface area contributed by atoms with Gasteiger partial charge in [0.2, 0.25) is 0 Å². The van der Waals surface area contributed by atoms with E-state index in [1.807, 2.05) is 6.92 Å². The van der Waals surface area contributed by atoms with Gasteiger partial charge in [0.05, 0.1) is 0 Å². The van der Waals surface area contributed by atoms with Crippen molar-refractivity contribution in [2.45, 2.75) is 64.8 Å². The average Bonchev–Trinajstić information content (AvgIpc) is 2.30. The second-order valence-corrected chi connectivity index (χ2v) is 5.36. The largest absolute Gasteiger partial charge is 0.383 e. The summed E-state index contributed by atoms with van der Waals surface area (Å²) < 4.78 is 0. The Morgan fingerprint density at radius 3 is 2.50 bits per heavy atom. The summed E-state index contributed by atoms with van der Waals surface area (Å²) in [6, 6.07) is 0. The van der Waals surface area contributed by atoms with E-state index in [1.165, 1.54) is 19.3 Å². The van der Waals surface area contributed by atoms with Crippen molar-refractivity contribution >= 4 is 11.6 Å². The zero-order valence-corrected chi connectivity index (χ0v) is 11.7. The zero-order chi connectivity index (χ0) is 13.2. The van der Waals surface area contributed by atoms with E-state index >= 15 is 0 Å². The highest BCUT2D eigenvalue weighted by Gasteiger charge is 2.35. The first-order chi connectivity index (χ1) is 8.60. The lowest BCUT2D eigenvalue weighted by Gasteiger charge is -2.42. The maximum Gasteiger partial charge on any atom is 0.135 e. The molecule has 1 aliphatic rings. The number of nitrogens with two attached hydrogens (primary N) is 1. The van der Waals surface area contributed by atoms with Crippen molar-refractivity contribution in [3.05, 3.63) is 11.4 Å². The molecule has 1 aliphatic carbocycles. The molecular formula is C14H24N4. The smallest absolute Gasteiger partial charge is 0.135 e. The maximum atomic E-state index is 5.98. The Hall–Kier alpha value is -1.32. The number of aryl methyl sites for hydroxylation is 1. The van der Waals surface area contributed by atoms with Gasteiger partial charge in [-0.25, -0.2) is 9.97 Å². The summed E-state index contributed by atoms with van der Waals surface area (Å²) in [5.74, 6) is 2.41. The molecule has 0 spiro atoms. The molecule has 0 bridgehead atoms. The number of hydrogen-bond donors (Lipinski definition) is 2. The Kier molecular flexibility index (Phi) is 3.73. The minimum atomic E-state index is 0.245. The second kappa shape index (κ2) is 5.12. The molecular weight excluding hydrogens is 224 g/mol. The van der Waals surface area contributed by atoms with Crippen LogP contribution in [0.25, 0.3) is 0 Å². The van der Waals surface area contributed by atoms with Gasteiger partial charge in [0, 0.05) is 17.5 Å². The lowest BCUT2D eigenvalue weighted by molar-refractivity contribution is 0.268. The second-order valence-electron chi connectivity index (χ2n) is 5.36. The number of anilines is 2. The predicted molar refractivity (Wildman–Crippen MR) is 75.7 cm³/mol. The fourth-order valence-electron chi connectivity index (χ4n) is 2.46. The van der Waals surface area contributed by atoms with E-state index in [1.54, 1.807) is 0 Å². The van der Waals surface area contributed by atoms with Crippen molar-refractivity contribution in [3.63, 3.8) is 0 Å². The summed E-state index contributed by atoms with van der Waals surface area (Å²) in [6.07, 6.45) is 6.84. The van der Waals surface area contributed by atoms with Gasteiger partial charge in [0.15, 0.2) is 0 Å². The van der Waals surface area contributed by atoms with Crippen LogP contribution in [0.3, 0.4) is 0 Å². The Morgan fingerprint density at radius 1 is 1.28 bits per heavy atom. The molecule has 100 valence electrons. The Labute approximate surface area is 109 Å². The van der Waals surface area contributed by atoms with E-state index in [-0.39, 0.29) is 5.54 Å². The topological polar surface area (TPSA) is 63.8 Å². The van der Waals surface area contributed by atoms with E-state index in [4.69, 9.17) is 5.73 Å². The normalized spacial score (nSPS) is 17.3. The van der Waals surface area contributed by atoms with Gasteiger partial charge in [-0.05, 0) is 39.0 Å². The molecule has 0 radical (unpaired) electrons. The SMILES string of the molecule is CCCc1nc(N)c(C)c(NC2(CC)CCC2)n1. The first kappa shape index (κ1) is 13.1. The molecule has 0 saturated heterocycles. The molecule has 0 amide bonds. The van der Waals surface area contributed by atoms with Crippen LogP contribution in [0.5, 0.6) is 0 Å². The van der Waals surface area contributed by atoms with Crippen molar-refractivity contribution < 1.29 is 0 Å². The summed E-state index contributed by atoms with van der Waals surface area (Å²) in [5, 5.41) is 3.62. The fraction of sp³-hybridized carbons (Fsp3) is 0.714. The molecule has 1 aromatic heterocycles. The maximum absolute atomic E-state index is 5.98. The third kappa shape index (κ3) is 2.42. The van der Waals surface area contributed by atoms with Crippen LogP contribution in [0, 0.1) is 6.92 Å². The van der Waals surface area contributed by atoms with Crippen LogP contribution < -0.4 is 11.1 Å². The van der Waals surface area contributed by atoms with Crippen LogP contribution >= 0.6 is 0 Å². The summed E-state index contributed by atoms with van der Waals surface area (Å²) in [4.78, 5) is 8.98. The standard InChI is InChI=1S/C14H24N4/c1-4-7-11-16-12(15)10(3)13(17-11)18-14(5-2)8-6-9-14/h4-9H2,1-3H3,(H3,15,16,17,18). The van der Waals surface area contributed by atoms with Gasteiger partial charge in [-0.15, -0.1) is 0 Å². The minimum Gasteiger partial charge on any atom is -0.383 e. The molecule has 18 heavy (non-hydrogen) atoms. The highest BCUT2D eigenvalue weighted by Crippen LogP contribution is 2.38. The lowest BCUT2D eigenvalue weighted by Crippen LogP contribution is -2.44. The molecule has 1 fully saturated rings. The molecule has 0 aliphatic heterocycles. The summed E-state index contributed by atoms with van der Waals surface area (Å²) >= 11 is 0. The number of nitrogens with one attached hydrogen (secondary N) is 1. The van der Waals surface area contributed by atoms with Crippen LogP contribution in [-0.4, -0.2) is 15.5 Å². The van der Waals surface area contributed by atoms with Gasteiger partial charge in [-0.3, -0.25) is 0 Å². The van der Waals surface area contributed by atoms with Gasteiger partial charge < -0.3 is 11.1 Å². The molecule has 1 heterocycles. The quantitative estimate of drug-likeness (QED) is 0.840. The molecule has 4 heteroatoms. The highest BCUT2D eigenvalue weighted by molar-refractivity contribution is 5.56. The molecule has 4 nitrogen and oxygen atoms in total.